The van der Waals surface area contributed by atoms with E-state index >= 15 is 0 Å². The van der Waals surface area contributed by atoms with Crippen molar-refractivity contribution in [2.75, 3.05) is 18.7 Å². The number of allylic oxidation sites excluding steroid dienone is 4. The first-order valence-corrected chi connectivity index (χ1v) is 17.0. The highest BCUT2D eigenvalue weighted by Crippen LogP contribution is 2.56. The molecule has 228 valence electrons. The van der Waals surface area contributed by atoms with E-state index in [0.717, 1.165) is 47.9 Å². The van der Waals surface area contributed by atoms with E-state index in [4.69, 9.17) is 19.5 Å². The second-order valence-corrected chi connectivity index (χ2v) is 12.4. The lowest BCUT2D eigenvalue weighted by molar-refractivity contribution is 0.0725. The summed E-state index contributed by atoms with van der Waals surface area (Å²) in [7, 11) is -3.42. The predicted molar refractivity (Wildman–Crippen MR) is 172 cm³/mol. The van der Waals surface area contributed by atoms with Gasteiger partial charge in [-0.3, -0.25) is 9.09 Å². The summed E-state index contributed by atoms with van der Waals surface area (Å²) in [6, 6.07) is 11.9. The topological polar surface area (TPSA) is 91.0 Å². The van der Waals surface area contributed by atoms with E-state index < -0.39 is 7.60 Å². The standard InChI is InChI=1S/C30H40NO5P.2C2H6/c1-5-23-17-25(18-28(31)27(23)16-22-7-6-8-29(32)26(15-22)20(2)3)34-19-37(33)35-14-13-30(36-37)24-11-9-21(4)10-12-24;2*1-2/h9-12,15,17-18,20,30,32H,5-8,13-14,16,19,31H2,1-4H3;2*1-2H3/t30-,37?;;/m0../s1. The van der Waals surface area contributed by atoms with Gasteiger partial charge in [0.25, 0.3) is 0 Å². The van der Waals surface area contributed by atoms with Crippen LogP contribution in [0.1, 0.15) is 103 Å². The molecular formula is C34H52NO5P. The number of aryl methyl sites for hydroxylation is 2. The van der Waals surface area contributed by atoms with Gasteiger partial charge >= 0.3 is 7.60 Å². The van der Waals surface area contributed by atoms with Crippen molar-refractivity contribution in [1.29, 1.82) is 0 Å². The molecule has 7 heteroatoms. The zero-order valence-electron chi connectivity index (χ0n) is 26.5. The van der Waals surface area contributed by atoms with Gasteiger partial charge in [0, 0.05) is 24.6 Å². The average molecular weight is 586 g/mol. The number of aliphatic hydroxyl groups is 1. The van der Waals surface area contributed by atoms with Gasteiger partial charge in [0.1, 0.15) is 5.75 Å². The third-order valence-electron chi connectivity index (χ3n) is 7.16. The van der Waals surface area contributed by atoms with Gasteiger partial charge in [0.15, 0.2) is 6.35 Å². The van der Waals surface area contributed by atoms with Gasteiger partial charge in [-0.05, 0) is 66.9 Å². The van der Waals surface area contributed by atoms with E-state index in [2.05, 4.69) is 26.8 Å². The summed E-state index contributed by atoms with van der Waals surface area (Å²) in [5, 5.41) is 10.4. The van der Waals surface area contributed by atoms with Gasteiger partial charge in [-0.15, -0.1) is 0 Å². The second kappa shape index (κ2) is 16.8. The van der Waals surface area contributed by atoms with Crippen LogP contribution in [-0.2, 0) is 26.5 Å². The lowest BCUT2D eigenvalue weighted by Crippen LogP contribution is -2.17. The van der Waals surface area contributed by atoms with Crippen LogP contribution in [0.4, 0.5) is 5.69 Å². The summed E-state index contributed by atoms with van der Waals surface area (Å²) in [6.45, 7) is 16.7. The first kappa shape index (κ1) is 34.7. The molecule has 1 aliphatic carbocycles. The molecule has 2 aromatic carbocycles. The van der Waals surface area contributed by atoms with Gasteiger partial charge in [-0.25, -0.2) is 0 Å². The fraction of sp³-hybridized carbons (Fsp3) is 0.529. The molecule has 1 unspecified atom stereocenters. The Balaban J connectivity index is 0.00000141. The summed E-state index contributed by atoms with van der Waals surface area (Å²) < 4.78 is 30.8. The molecule has 1 saturated heterocycles. The Bertz CT molecular complexity index is 1220. The van der Waals surface area contributed by atoms with Crippen LogP contribution in [-0.4, -0.2) is 18.1 Å². The SMILES string of the molecule is CC.CC.CCc1cc(OCP2(=O)OCC[C@@H](c3ccc(C)cc3)O2)cc(N)c1CC1=CC(C(C)C)=C(O)CCC1. The van der Waals surface area contributed by atoms with E-state index in [0.29, 0.717) is 36.6 Å². The number of ether oxygens (including phenoxy) is 1. The number of nitrogens with two attached hydrogens (primary N) is 1. The van der Waals surface area contributed by atoms with Crippen LogP contribution in [0, 0.1) is 12.8 Å². The zero-order chi connectivity index (χ0) is 30.6. The number of hydrogen-bond donors (Lipinski definition) is 2. The van der Waals surface area contributed by atoms with Crippen LogP contribution in [0.2, 0.25) is 0 Å². The van der Waals surface area contributed by atoms with Gasteiger partial charge in [-0.1, -0.05) is 89.9 Å². The Kier molecular flexibility index (Phi) is 14.2. The smallest absolute Gasteiger partial charge is 0.368 e. The number of aliphatic hydroxyl groups excluding tert-OH is 1. The molecular weight excluding hydrogens is 533 g/mol. The zero-order valence-corrected chi connectivity index (χ0v) is 27.4. The van der Waals surface area contributed by atoms with Crippen molar-refractivity contribution in [2.24, 2.45) is 5.92 Å². The summed E-state index contributed by atoms with van der Waals surface area (Å²) >= 11 is 0. The van der Waals surface area contributed by atoms with Crippen molar-refractivity contribution < 1.29 is 23.5 Å². The first-order chi connectivity index (χ1) is 19.7. The Morgan fingerprint density at radius 1 is 1.10 bits per heavy atom. The molecule has 41 heavy (non-hydrogen) atoms. The third kappa shape index (κ3) is 9.77. The van der Waals surface area contributed by atoms with Crippen molar-refractivity contribution in [3.63, 3.8) is 0 Å². The van der Waals surface area contributed by atoms with Crippen LogP contribution in [0.15, 0.2) is 59.4 Å². The fourth-order valence-electron chi connectivity index (χ4n) is 5.02. The van der Waals surface area contributed by atoms with Crippen molar-refractivity contribution in [2.45, 2.75) is 100 Å². The molecule has 6 nitrogen and oxygen atoms in total. The molecule has 3 N–H and O–H groups in total. The summed E-state index contributed by atoms with van der Waals surface area (Å²) in [6.07, 6.45) is 6.47. The van der Waals surface area contributed by atoms with Crippen LogP contribution < -0.4 is 10.5 Å². The van der Waals surface area contributed by atoms with Crippen molar-refractivity contribution in [3.8, 4) is 5.75 Å². The largest absolute Gasteiger partial charge is 0.512 e. The summed E-state index contributed by atoms with van der Waals surface area (Å²) in [5.41, 5.74) is 13.8. The maximum absolute atomic E-state index is 13.3. The fourth-order valence-corrected chi connectivity index (χ4v) is 6.52. The highest BCUT2D eigenvalue weighted by molar-refractivity contribution is 7.53. The molecule has 0 radical (unpaired) electrons. The van der Waals surface area contributed by atoms with E-state index in [1.165, 1.54) is 11.1 Å². The van der Waals surface area contributed by atoms with Crippen molar-refractivity contribution >= 4 is 13.3 Å². The molecule has 4 rings (SSSR count). The van der Waals surface area contributed by atoms with Gasteiger partial charge in [0.2, 0.25) is 0 Å². The van der Waals surface area contributed by atoms with Gasteiger partial charge in [0.05, 0.1) is 18.5 Å². The molecule has 1 heterocycles. The number of rotatable bonds is 8. The molecule has 2 aromatic rings. The minimum atomic E-state index is -3.42. The predicted octanol–water partition coefficient (Wildman–Crippen LogP) is 10.0. The van der Waals surface area contributed by atoms with Crippen LogP contribution >= 0.6 is 7.60 Å². The van der Waals surface area contributed by atoms with Crippen molar-refractivity contribution in [3.05, 3.63) is 81.6 Å². The third-order valence-corrected chi connectivity index (χ3v) is 8.75. The maximum Gasteiger partial charge on any atom is 0.368 e. The molecule has 2 atom stereocenters. The normalized spacial score (nSPS) is 20.7. The van der Waals surface area contributed by atoms with E-state index in [9.17, 15) is 9.67 Å². The molecule has 0 spiro atoms. The lowest BCUT2D eigenvalue weighted by Gasteiger charge is -2.30. The molecule has 0 bridgehead atoms. The van der Waals surface area contributed by atoms with Gasteiger partial charge < -0.3 is 20.1 Å². The molecule has 0 saturated carbocycles. The van der Waals surface area contributed by atoms with Crippen LogP contribution in [0.5, 0.6) is 5.75 Å². The minimum Gasteiger partial charge on any atom is -0.512 e. The van der Waals surface area contributed by atoms with E-state index in [-0.39, 0.29) is 18.4 Å². The Hall–Kier alpha value is -2.53. The molecule has 0 aromatic heterocycles. The monoisotopic (exact) mass is 585 g/mol. The highest BCUT2D eigenvalue weighted by Gasteiger charge is 2.35. The Labute approximate surface area is 248 Å². The Morgan fingerprint density at radius 3 is 2.41 bits per heavy atom. The van der Waals surface area contributed by atoms with E-state index in [1.807, 2.05) is 65.0 Å². The highest BCUT2D eigenvalue weighted by atomic mass is 31.2. The number of benzene rings is 2. The molecule has 0 amide bonds. The van der Waals surface area contributed by atoms with Crippen LogP contribution in [0.25, 0.3) is 0 Å². The minimum absolute atomic E-state index is 0.162. The lowest BCUT2D eigenvalue weighted by atomic mass is 9.92. The summed E-state index contributed by atoms with van der Waals surface area (Å²) in [5.74, 6) is 1.33. The number of hydrogen-bond acceptors (Lipinski definition) is 6. The molecule has 1 aliphatic heterocycles. The van der Waals surface area contributed by atoms with Crippen molar-refractivity contribution in [1.82, 2.24) is 0 Å². The maximum atomic E-state index is 13.3. The molecule has 1 fully saturated rings. The quantitative estimate of drug-likeness (QED) is 0.237. The van der Waals surface area contributed by atoms with Gasteiger partial charge in [-0.2, -0.15) is 0 Å². The van der Waals surface area contributed by atoms with E-state index in [1.54, 1.807) is 6.07 Å². The van der Waals surface area contributed by atoms with Crippen LogP contribution in [0.3, 0.4) is 0 Å². The summed E-state index contributed by atoms with van der Waals surface area (Å²) in [4.78, 5) is 0. The second-order valence-electron chi connectivity index (χ2n) is 10.4. The average Bonchev–Trinajstić information content (AvgIpc) is 3.16. The number of anilines is 1. The Morgan fingerprint density at radius 2 is 1.78 bits per heavy atom. The number of nitrogen functional groups attached to an aromatic ring is 1. The molecule has 2 aliphatic rings. The first-order valence-electron chi connectivity index (χ1n) is 15.3.